The lowest BCUT2D eigenvalue weighted by Gasteiger charge is -2.17. The van der Waals surface area contributed by atoms with E-state index in [1.54, 1.807) is 32.6 Å². The Morgan fingerprint density at radius 2 is 1.96 bits per heavy atom. The molecule has 3 rings (SSSR count). The maximum absolute atomic E-state index is 5.54. The highest BCUT2D eigenvalue weighted by molar-refractivity contribution is 7.07. The molecular formula is C19H25N3O2S. The van der Waals surface area contributed by atoms with Crippen molar-refractivity contribution in [2.75, 3.05) is 21.3 Å². The summed E-state index contributed by atoms with van der Waals surface area (Å²) in [5, 5.41) is 6.85. The average Bonchev–Trinajstić information content (AvgIpc) is 3.09. The summed E-state index contributed by atoms with van der Waals surface area (Å²) in [5.74, 6) is 2.15. The Labute approximate surface area is 152 Å². The topological polar surface area (TPSA) is 48.1 Å². The molecule has 0 bridgehead atoms. The summed E-state index contributed by atoms with van der Waals surface area (Å²) < 4.78 is 12.8. The highest BCUT2D eigenvalue weighted by Gasteiger charge is 2.15. The fourth-order valence-electron chi connectivity index (χ4n) is 3.21. The molecule has 134 valence electrons. The lowest BCUT2D eigenvalue weighted by molar-refractivity contribution is 0.404. The third-order valence-corrected chi connectivity index (χ3v) is 5.51. The Bertz CT molecular complexity index is 801. The maximum atomic E-state index is 5.54. The first-order valence-corrected chi connectivity index (χ1v) is 9.55. The van der Waals surface area contributed by atoms with Gasteiger partial charge in [-0.1, -0.05) is 19.3 Å². The zero-order valence-corrected chi connectivity index (χ0v) is 15.9. The van der Waals surface area contributed by atoms with E-state index in [-0.39, 0.29) is 0 Å². The van der Waals surface area contributed by atoms with E-state index in [2.05, 4.69) is 16.6 Å². The van der Waals surface area contributed by atoms with E-state index >= 15 is 0 Å². The summed E-state index contributed by atoms with van der Waals surface area (Å²) >= 11 is 1.58. The third kappa shape index (κ3) is 3.95. The molecular weight excluding hydrogens is 334 g/mol. The maximum Gasteiger partial charge on any atom is 0.205 e. The molecule has 0 unspecified atom stereocenters. The number of hydrogen-bond acceptors (Lipinski definition) is 5. The molecule has 0 saturated heterocycles. The van der Waals surface area contributed by atoms with Gasteiger partial charge in [0, 0.05) is 24.2 Å². The highest BCUT2D eigenvalue weighted by Crippen LogP contribution is 2.33. The van der Waals surface area contributed by atoms with Crippen LogP contribution in [0.4, 0.5) is 0 Å². The van der Waals surface area contributed by atoms with Crippen molar-refractivity contribution < 1.29 is 9.47 Å². The van der Waals surface area contributed by atoms with E-state index in [4.69, 9.17) is 14.6 Å². The van der Waals surface area contributed by atoms with Crippen LogP contribution in [0.1, 0.15) is 32.1 Å². The Morgan fingerprint density at radius 3 is 2.64 bits per heavy atom. The van der Waals surface area contributed by atoms with E-state index in [1.165, 1.54) is 32.1 Å². The molecule has 1 aliphatic carbocycles. The van der Waals surface area contributed by atoms with Crippen molar-refractivity contribution in [2.24, 2.45) is 16.0 Å². The van der Waals surface area contributed by atoms with Crippen molar-refractivity contribution in [3.05, 3.63) is 28.4 Å². The van der Waals surface area contributed by atoms with E-state index in [0.717, 1.165) is 27.6 Å². The minimum absolute atomic E-state index is 0.561. The number of rotatable bonds is 5. The zero-order chi connectivity index (χ0) is 17.6. The third-order valence-electron chi connectivity index (χ3n) is 4.60. The predicted molar refractivity (Wildman–Crippen MR) is 103 cm³/mol. The second-order valence-electron chi connectivity index (χ2n) is 6.17. The molecule has 1 aromatic carbocycles. The molecule has 6 heteroatoms. The Balaban J connectivity index is 2.03. The fourth-order valence-corrected chi connectivity index (χ4v) is 4.00. The summed E-state index contributed by atoms with van der Waals surface area (Å²) in [6.45, 7) is 0. The largest absolute Gasteiger partial charge is 0.497 e. The van der Waals surface area contributed by atoms with Gasteiger partial charge in [0.25, 0.3) is 0 Å². The fraction of sp³-hybridized carbons (Fsp3) is 0.474. The SMILES string of the molecule is CN=c1scc(-c2cc(OC)ccc2OC)n1N=CC1CCCCC1. The normalized spacial score (nSPS) is 16.5. The molecule has 0 N–H and O–H groups in total. The zero-order valence-electron chi connectivity index (χ0n) is 15.1. The smallest absolute Gasteiger partial charge is 0.205 e. The number of benzene rings is 1. The van der Waals surface area contributed by atoms with Gasteiger partial charge in [0.05, 0.1) is 19.9 Å². The van der Waals surface area contributed by atoms with Crippen LogP contribution in [0.25, 0.3) is 11.3 Å². The molecule has 0 spiro atoms. The highest BCUT2D eigenvalue weighted by atomic mass is 32.1. The minimum Gasteiger partial charge on any atom is -0.497 e. The van der Waals surface area contributed by atoms with Crippen LogP contribution in [-0.2, 0) is 0 Å². The molecule has 1 heterocycles. The van der Waals surface area contributed by atoms with Crippen LogP contribution < -0.4 is 14.3 Å². The monoisotopic (exact) mass is 359 g/mol. The van der Waals surface area contributed by atoms with Gasteiger partial charge in [-0.3, -0.25) is 4.99 Å². The van der Waals surface area contributed by atoms with Crippen molar-refractivity contribution in [2.45, 2.75) is 32.1 Å². The molecule has 1 fully saturated rings. The lowest BCUT2D eigenvalue weighted by Crippen LogP contribution is -2.14. The van der Waals surface area contributed by atoms with Crippen LogP contribution in [-0.4, -0.2) is 32.2 Å². The van der Waals surface area contributed by atoms with Crippen molar-refractivity contribution in [1.29, 1.82) is 0 Å². The molecule has 0 aliphatic heterocycles. The summed E-state index contributed by atoms with van der Waals surface area (Å²) in [5.41, 5.74) is 1.92. The molecule has 0 amide bonds. The van der Waals surface area contributed by atoms with E-state index < -0.39 is 0 Å². The van der Waals surface area contributed by atoms with Gasteiger partial charge >= 0.3 is 0 Å². The Hall–Kier alpha value is -2.08. The molecule has 25 heavy (non-hydrogen) atoms. The van der Waals surface area contributed by atoms with Crippen LogP contribution in [0.2, 0.25) is 0 Å². The number of nitrogens with zero attached hydrogens (tertiary/aromatic N) is 3. The van der Waals surface area contributed by atoms with Crippen molar-refractivity contribution >= 4 is 17.6 Å². The molecule has 0 atom stereocenters. The molecule has 5 nitrogen and oxygen atoms in total. The van der Waals surface area contributed by atoms with E-state index in [0.29, 0.717) is 5.92 Å². The second kappa shape index (κ2) is 8.34. The average molecular weight is 359 g/mol. The summed E-state index contributed by atoms with van der Waals surface area (Å²) in [6.07, 6.45) is 8.49. The molecule has 1 aliphatic rings. The van der Waals surface area contributed by atoms with E-state index in [1.807, 2.05) is 22.9 Å². The number of methoxy groups -OCH3 is 2. The lowest BCUT2D eigenvalue weighted by atomic mass is 9.90. The van der Waals surface area contributed by atoms with Gasteiger partial charge in [-0.05, 0) is 37.0 Å². The van der Waals surface area contributed by atoms with Crippen LogP contribution >= 0.6 is 11.3 Å². The Kier molecular flexibility index (Phi) is 5.91. The number of thiazole rings is 1. The Morgan fingerprint density at radius 1 is 1.16 bits per heavy atom. The van der Waals surface area contributed by atoms with Crippen molar-refractivity contribution in [3.8, 4) is 22.8 Å². The van der Waals surface area contributed by atoms with Crippen LogP contribution in [0.15, 0.2) is 33.7 Å². The van der Waals surface area contributed by atoms with E-state index in [9.17, 15) is 0 Å². The summed E-state index contributed by atoms with van der Waals surface area (Å²) in [4.78, 5) is 5.24. The predicted octanol–water partition coefficient (Wildman–Crippen LogP) is 4.18. The minimum atomic E-state index is 0.561. The summed E-state index contributed by atoms with van der Waals surface area (Å²) in [6, 6.07) is 5.80. The van der Waals surface area contributed by atoms with Crippen LogP contribution in [0.3, 0.4) is 0 Å². The second-order valence-corrected chi connectivity index (χ2v) is 7.00. The molecule has 0 radical (unpaired) electrons. The summed E-state index contributed by atoms with van der Waals surface area (Å²) in [7, 11) is 5.14. The molecule has 1 saturated carbocycles. The van der Waals surface area contributed by atoms with Gasteiger partial charge in [0.2, 0.25) is 4.80 Å². The van der Waals surface area contributed by atoms with Crippen LogP contribution in [0.5, 0.6) is 11.5 Å². The van der Waals surface area contributed by atoms with Gasteiger partial charge in [-0.25, -0.2) is 4.68 Å². The van der Waals surface area contributed by atoms with Gasteiger partial charge < -0.3 is 9.47 Å². The molecule has 2 aromatic rings. The van der Waals surface area contributed by atoms with Gasteiger partial charge in [-0.15, -0.1) is 11.3 Å². The molecule has 1 aromatic heterocycles. The number of aromatic nitrogens is 1. The standard InChI is InChI=1S/C19H25N3O2S/c1-20-19-22(21-12-14-7-5-4-6-8-14)17(13-25-19)16-11-15(23-2)9-10-18(16)24-3/h9-14H,4-8H2,1-3H3. The number of hydrogen-bond donors (Lipinski definition) is 0. The first-order chi connectivity index (χ1) is 12.3. The number of ether oxygens (including phenoxy) is 2. The van der Waals surface area contributed by atoms with Gasteiger partial charge in [0.1, 0.15) is 11.5 Å². The quantitative estimate of drug-likeness (QED) is 0.752. The first kappa shape index (κ1) is 17.7. The first-order valence-electron chi connectivity index (χ1n) is 8.67. The van der Waals surface area contributed by atoms with Crippen molar-refractivity contribution in [1.82, 2.24) is 4.68 Å². The van der Waals surface area contributed by atoms with Crippen LogP contribution in [0, 0.1) is 5.92 Å². The van der Waals surface area contributed by atoms with Crippen molar-refractivity contribution in [3.63, 3.8) is 0 Å². The van der Waals surface area contributed by atoms with Gasteiger partial charge in [-0.2, -0.15) is 5.10 Å². The van der Waals surface area contributed by atoms with Gasteiger partial charge in [0.15, 0.2) is 0 Å².